The number of ether oxygens (including phenoxy) is 2. The standard InChI is InChI=1S/C16H15BrN2O3/c17-12-2-4-13(5-3-12)19-16(20)18-8-7-11-1-6-14-15(9-11)22-10-21-14/h1-6,9H,7-8,10H2,(H2,18,19,20). The summed E-state index contributed by atoms with van der Waals surface area (Å²) in [6, 6.07) is 13.0. The summed E-state index contributed by atoms with van der Waals surface area (Å²) in [6.45, 7) is 0.814. The highest BCUT2D eigenvalue weighted by Crippen LogP contribution is 2.32. The van der Waals surface area contributed by atoms with E-state index in [-0.39, 0.29) is 12.8 Å². The van der Waals surface area contributed by atoms with Crippen LogP contribution in [0.4, 0.5) is 10.5 Å². The molecule has 0 atom stereocenters. The van der Waals surface area contributed by atoms with E-state index in [2.05, 4.69) is 26.6 Å². The maximum Gasteiger partial charge on any atom is 0.319 e. The van der Waals surface area contributed by atoms with E-state index in [0.29, 0.717) is 6.54 Å². The molecule has 114 valence electrons. The first-order chi connectivity index (χ1) is 10.7. The third kappa shape index (κ3) is 3.71. The number of urea groups is 1. The van der Waals surface area contributed by atoms with Crippen LogP contribution in [0.5, 0.6) is 11.5 Å². The molecule has 3 rings (SSSR count). The van der Waals surface area contributed by atoms with Crippen molar-refractivity contribution < 1.29 is 14.3 Å². The Bertz CT molecular complexity index is 674. The second kappa shape index (κ2) is 6.70. The zero-order chi connectivity index (χ0) is 15.4. The van der Waals surface area contributed by atoms with Crippen molar-refractivity contribution >= 4 is 27.6 Å². The van der Waals surface area contributed by atoms with Gasteiger partial charge in [-0.25, -0.2) is 4.79 Å². The van der Waals surface area contributed by atoms with E-state index in [1.807, 2.05) is 42.5 Å². The molecule has 2 amide bonds. The van der Waals surface area contributed by atoms with Crippen molar-refractivity contribution in [3.05, 3.63) is 52.5 Å². The molecule has 1 aliphatic heterocycles. The molecular formula is C16H15BrN2O3. The first-order valence-corrected chi connectivity index (χ1v) is 7.69. The van der Waals surface area contributed by atoms with Crippen LogP contribution in [-0.2, 0) is 6.42 Å². The number of hydrogen-bond donors (Lipinski definition) is 2. The van der Waals surface area contributed by atoms with Crippen molar-refractivity contribution in [3.8, 4) is 11.5 Å². The molecule has 2 N–H and O–H groups in total. The maximum atomic E-state index is 11.8. The zero-order valence-corrected chi connectivity index (χ0v) is 13.4. The van der Waals surface area contributed by atoms with Crippen molar-refractivity contribution in [1.82, 2.24) is 5.32 Å². The number of nitrogens with one attached hydrogen (secondary N) is 2. The van der Waals surface area contributed by atoms with Crippen LogP contribution >= 0.6 is 15.9 Å². The van der Waals surface area contributed by atoms with Gasteiger partial charge in [-0.15, -0.1) is 0 Å². The Morgan fingerprint density at radius 2 is 1.86 bits per heavy atom. The van der Waals surface area contributed by atoms with Gasteiger partial charge in [0, 0.05) is 16.7 Å². The van der Waals surface area contributed by atoms with Gasteiger partial charge in [-0.1, -0.05) is 22.0 Å². The number of fused-ring (bicyclic) bond motifs is 1. The highest BCUT2D eigenvalue weighted by molar-refractivity contribution is 9.10. The zero-order valence-electron chi connectivity index (χ0n) is 11.8. The number of amides is 2. The van der Waals surface area contributed by atoms with Crippen LogP contribution in [0, 0.1) is 0 Å². The quantitative estimate of drug-likeness (QED) is 0.874. The first kappa shape index (κ1) is 14.7. The van der Waals surface area contributed by atoms with Crippen molar-refractivity contribution in [2.24, 2.45) is 0 Å². The Labute approximate surface area is 136 Å². The van der Waals surface area contributed by atoms with E-state index in [1.54, 1.807) is 0 Å². The van der Waals surface area contributed by atoms with Crippen LogP contribution in [0.3, 0.4) is 0 Å². The molecule has 22 heavy (non-hydrogen) atoms. The van der Waals surface area contributed by atoms with Crippen molar-refractivity contribution in [3.63, 3.8) is 0 Å². The number of benzene rings is 2. The molecule has 0 aliphatic carbocycles. The Kier molecular flexibility index (Phi) is 4.48. The summed E-state index contributed by atoms with van der Waals surface area (Å²) in [5.41, 5.74) is 1.84. The third-order valence-corrected chi connectivity index (χ3v) is 3.77. The fourth-order valence-corrected chi connectivity index (χ4v) is 2.39. The molecule has 1 aliphatic rings. The summed E-state index contributed by atoms with van der Waals surface area (Å²) in [7, 11) is 0. The van der Waals surface area contributed by atoms with E-state index < -0.39 is 0 Å². The highest BCUT2D eigenvalue weighted by Gasteiger charge is 2.13. The lowest BCUT2D eigenvalue weighted by Gasteiger charge is -2.08. The molecule has 2 aromatic rings. The lowest BCUT2D eigenvalue weighted by molar-refractivity contribution is 0.174. The lowest BCUT2D eigenvalue weighted by Crippen LogP contribution is -2.30. The molecule has 6 heteroatoms. The molecule has 0 fully saturated rings. The van der Waals surface area contributed by atoms with Gasteiger partial charge in [0.15, 0.2) is 11.5 Å². The molecule has 5 nitrogen and oxygen atoms in total. The van der Waals surface area contributed by atoms with E-state index in [1.165, 1.54) is 0 Å². The number of carbonyl (C=O) groups excluding carboxylic acids is 1. The second-order valence-electron chi connectivity index (χ2n) is 4.83. The summed E-state index contributed by atoms with van der Waals surface area (Å²) in [5.74, 6) is 1.53. The van der Waals surface area contributed by atoms with Gasteiger partial charge in [0.1, 0.15) is 0 Å². The van der Waals surface area contributed by atoms with Crippen molar-refractivity contribution in [1.29, 1.82) is 0 Å². The molecule has 0 saturated heterocycles. The van der Waals surface area contributed by atoms with Gasteiger partial charge in [-0.2, -0.15) is 0 Å². The minimum Gasteiger partial charge on any atom is -0.454 e. The number of anilines is 1. The largest absolute Gasteiger partial charge is 0.454 e. The lowest BCUT2D eigenvalue weighted by atomic mass is 10.1. The minimum absolute atomic E-state index is 0.219. The van der Waals surface area contributed by atoms with Crippen LogP contribution in [-0.4, -0.2) is 19.4 Å². The Hall–Kier alpha value is -2.21. The summed E-state index contributed by atoms with van der Waals surface area (Å²) in [5, 5.41) is 5.61. The van der Waals surface area contributed by atoms with E-state index in [0.717, 1.165) is 33.6 Å². The van der Waals surface area contributed by atoms with Crippen LogP contribution < -0.4 is 20.1 Å². The average molecular weight is 363 g/mol. The molecule has 0 saturated carbocycles. The third-order valence-electron chi connectivity index (χ3n) is 3.24. The van der Waals surface area contributed by atoms with E-state index in [9.17, 15) is 4.79 Å². The van der Waals surface area contributed by atoms with Crippen LogP contribution in [0.2, 0.25) is 0 Å². The summed E-state index contributed by atoms with van der Waals surface area (Å²) < 4.78 is 11.6. The predicted octanol–water partition coefficient (Wildman–Crippen LogP) is 3.54. The van der Waals surface area contributed by atoms with Crippen LogP contribution in [0.15, 0.2) is 46.9 Å². The molecule has 0 radical (unpaired) electrons. The second-order valence-corrected chi connectivity index (χ2v) is 5.74. The molecular weight excluding hydrogens is 348 g/mol. The monoisotopic (exact) mass is 362 g/mol. The molecule has 0 aromatic heterocycles. The molecule has 0 unspecified atom stereocenters. The van der Waals surface area contributed by atoms with Gasteiger partial charge >= 0.3 is 6.03 Å². The molecule has 2 aromatic carbocycles. The van der Waals surface area contributed by atoms with Gasteiger partial charge in [0.25, 0.3) is 0 Å². The van der Waals surface area contributed by atoms with Gasteiger partial charge in [0.2, 0.25) is 6.79 Å². The van der Waals surface area contributed by atoms with Gasteiger partial charge in [-0.05, 0) is 48.4 Å². The Morgan fingerprint density at radius 3 is 2.68 bits per heavy atom. The van der Waals surface area contributed by atoms with Gasteiger partial charge in [0.05, 0.1) is 0 Å². The molecule has 0 spiro atoms. The summed E-state index contributed by atoms with van der Waals surface area (Å²) in [6.07, 6.45) is 0.727. The highest BCUT2D eigenvalue weighted by atomic mass is 79.9. The van der Waals surface area contributed by atoms with E-state index in [4.69, 9.17) is 9.47 Å². The SMILES string of the molecule is O=C(NCCc1ccc2c(c1)OCO2)Nc1ccc(Br)cc1. The van der Waals surface area contributed by atoms with Crippen molar-refractivity contribution in [2.45, 2.75) is 6.42 Å². The number of rotatable bonds is 4. The Morgan fingerprint density at radius 1 is 1.09 bits per heavy atom. The fourth-order valence-electron chi connectivity index (χ4n) is 2.13. The summed E-state index contributed by atoms with van der Waals surface area (Å²) in [4.78, 5) is 11.8. The number of carbonyl (C=O) groups is 1. The molecule has 0 bridgehead atoms. The van der Waals surface area contributed by atoms with E-state index >= 15 is 0 Å². The molecule has 1 heterocycles. The predicted molar refractivity (Wildman–Crippen MR) is 87.4 cm³/mol. The van der Waals surface area contributed by atoms with Crippen LogP contribution in [0.25, 0.3) is 0 Å². The Balaban J connectivity index is 1.46. The number of hydrogen-bond acceptors (Lipinski definition) is 3. The van der Waals surface area contributed by atoms with Crippen LogP contribution in [0.1, 0.15) is 5.56 Å². The minimum atomic E-state index is -0.219. The normalized spacial score (nSPS) is 12.0. The first-order valence-electron chi connectivity index (χ1n) is 6.90. The fraction of sp³-hybridized carbons (Fsp3) is 0.188. The summed E-state index contributed by atoms with van der Waals surface area (Å²) >= 11 is 3.35. The van der Waals surface area contributed by atoms with Crippen molar-refractivity contribution in [2.75, 3.05) is 18.7 Å². The maximum absolute atomic E-state index is 11.8. The smallest absolute Gasteiger partial charge is 0.319 e. The topological polar surface area (TPSA) is 59.6 Å². The number of halogens is 1. The average Bonchev–Trinajstić information content (AvgIpc) is 2.97. The van der Waals surface area contributed by atoms with Gasteiger partial charge in [-0.3, -0.25) is 0 Å². The van der Waals surface area contributed by atoms with Gasteiger partial charge < -0.3 is 20.1 Å².